The van der Waals surface area contributed by atoms with Crippen LogP contribution in [0.5, 0.6) is 0 Å². The molecule has 0 N–H and O–H groups in total. The van der Waals surface area contributed by atoms with Crippen LogP contribution >= 0.6 is 31.9 Å². The Morgan fingerprint density at radius 3 is 2.35 bits per heavy atom. The first-order valence-corrected chi connectivity index (χ1v) is 8.23. The van der Waals surface area contributed by atoms with Gasteiger partial charge in [-0.2, -0.15) is 0 Å². The molecule has 2 rings (SSSR count). The van der Waals surface area contributed by atoms with E-state index < -0.39 is 0 Å². The SMILES string of the molecule is BrCC(=Cc1ccc(Br)cc1)C1CCCCC1. The molecule has 0 unspecified atom stereocenters. The summed E-state index contributed by atoms with van der Waals surface area (Å²) in [5, 5.41) is 1.01. The second kappa shape index (κ2) is 6.75. The average molecular weight is 358 g/mol. The Balaban J connectivity index is 2.13. The molecule has 0 atom stereocenters. The lowest BCUT2D eigenvalue weighted by molar-refractivity contribution is 0.405. The molecule has 92 valence electrons. The van der Waals surface area contributed by atoms with Gasteiger partial charge in [0, 0.05) is 9.80 Å². The zero-order chi connectivity index (χ0) is 12.1. The molecule has 0 saturated heterocycles. The fourth-order valence-corrected chi connectivity index (χ4v) is 3.40. The first kappa shape index (κ1) is 13.4. The van der Waals surface area contributed by atoms with E-state index in [1.165, 1.54) is 37.7 Å². The third kappa shape index (κ3) is 3.96. The van der Waals surface area contributed by atoms with Crippen LogP contribution in [0.15, 0.2) is 34.3 Å². The molecule has 1 aliphatic rings. The van der Waals surface area contributed by atoms with E-state index in [9.17, 15) is 0 Å². The molecule has 1 aliphatic carbocycles. The molecular weight excluding hydrogens is 340 g/mol. The Hall–Kier alpha value is -0.0800. The lowest BCUT2D eigenvalue weighted by Gasteiger charge is -2.23. The van der Waals surface area contributed by atoms with E-state index in [-0.39, 0.29) is 0 Å². The minimum atomic E-state index is 0.798. The van der Waals surface area contributed by atoms with Crippen LogP contribution < -0.4 is 0 Å². The molecule has 1 aromatic rings. The summed E-state index contributed by atoms with van der Waals surface area (Å²) in [6, 6.07) is 8.57. The number of rotatable bonds is 3. The molecule has 0 amide bonds. The monoisotopic (exact) mass is 356 g/mol. The molecule has 0 bridgehead atoms. The minimum absolute atomic E-state index is 0.798. The van der Waals surface area contributed by atoms with Crippen LogP contribution in [0.4, 0.5) is 0 Å². The van der Waals surface area contributed by atoms with Crippen molar-refractivity contribution in [2.24, 2.45) is 5.92 Å². The molecule has 0 heterocycles. The van der Waals surface area contributed by atoms with Gasteiger partial charge in [-0.1, -0.05) is 74.9 Å². The lowest BCUT2D eigenvalue weighted by Crippen LogP contribution is -2.10. The molecule has 2 heteroatoms. The van der Waals surface area contributed by atoms with Gasteiger partial charge in [0.25, 0.3) is 0 Å². The summed E-state index contributed by atoms with van der Waals surface area (Å²) in [7, 11) is 0. The van der Waals surface area contributed by atoms with E-state index in [2.05, 4.69) is 62.2 Å². The summed E-state index contributed by atoms with van der Waals surface area (Å²) in [5.41, 5.74) is 2.88. The quantitative estimate of drug-likeness (QED) is 0.599. The summed E-state index contributed by atoms with van der Waals surface area (Å²) < 4.78 is 1.15. The average Bonchev–Trinajstić information content (AvgIpc) is 2.39. The smallest absolute Gasteiger partial charge is 0.0247 e. The predicted molar refractivity (Wildman–Crippen MR) is 82.5 cm³/mol. The van der Waals surface area contributed by atoms with Gasteiger partial charge in [-0.3, -0.25) is 0 Å². The molecule has 0 aromatic heterocycles. The highest BCUT2D eigenvalue weighted by molar-refractivity contribution is 9.10. The maximum atomic E-state index is 3.65. The number of halogens is 2. The largest absolute Gasteiger partial charge is 0.0880 e. The summed E-state index contributed by atoms with van der Waals surface area (Å²) >= 11 is 7.12. The Bertz CT molecular complexity index is 372. The molecule has 0 nitrogen and oxygen atoms in total. The van der Waals surface area contributed by atoms with E-state index in [1.807, 2.05) is 0 Å². The first-order chi connectivity index (χ1) is 8.29. The van der Waals surface area contributed by atoms with E-state index in [1.54, 1.807) is 5.57 Å². The van der Waals surface area contributed by atoms with Crippen LogP contribution in [0.3, 0.4) is 0 Å². The van der Waals surface area contributed by atoms with E-state index in [0.29, 0.717) is 0 Å². The van der Waals surface area contributed by atoms with Gasteiger partial charge in [-0.05, 0) is 36.5 Å². The summed E-state index contributed by atoms with van der Waals surface area (Å²) in [6.07, 6.45) is 9.31. The van der Waals surface area contributed by atoms with Crippen molar-refractivity contribution in [3.05, 3.63) is 39.9 Å². The summed E-state index contributed by atoms with van der Waals surface area (Å²) in [6.45, 7) is 0. The third-order valence-electron chi connectivity index (χ3n) is 3.51. The third-order valence-corrected chi connectivity index (χ3v) is 4.68. The topological polar surface area (TPSA) is 0 Å². The van der Waals surface area contributed by atoms with Crippen molar-refractivity contribution >= 4 is 37.9 Å². The molecule has 0 radical (unpaired) electrons. The fourth-order valence-electron chi connectivity index (χ4n) is 2.51. The van der Waals surface area contributed by atoms with Crippen molar-refractivity contribution < 1.29 is 0 Å². The molecule has 1 fully saturated rings. The number of allylic oxidation sites excluding steroid dienone is 1. The van der Waals surface area contributed by atoms with Crippen LogP contribution in [0.25, 0.3) is 6.08 Å². The van der Waals surface area contributed by atoms with E-state index >= 15 is 0 Å². The van der Waals surface area contributed by atoms with E-state index in [0.717, 1.165) is 15.7 Å². The highest BCUT2D eigenvalue weighted by Crippen LogP contribution is 2.31. The highest BCUT2D eigenvalue weighted by Gasteiger charge is 2.16. The Morgan fingerprint density at radius 1 is 1.12 bits per heavy atom. The summed E-state index contributed by atoms with van der Waals surface area (Å²) in [5.74, 6) is 0.798. The van der Waals surface area contributed by atoms with Crippen molar-refractivity contribution in [2.75, 3.05) is 5.33 Å². The van der Waals surface area contributed by atoms with Gasteiger partial charge in [0.2, 0.25) is 0 Å². The van der Waals surface area contributed by atoms with Crippen LogP contribution in [0.2, 0.25) is 0 Å². The van der Waals surface area contributed by atoms with Crippen molar-refractivity contribution in [1.29, 1.82) is 0 Å². The Labute approximate surface area is 121 Å². The Morgan fingerprint density at radius 2 is 1.76 bits per heavy atom. The number of hydrogen-bond donors (Lipinski definition) is 0. The van der Waals surface area contributed by atoms with Gasteiger partial charge in [0.15, 0.2) is 0 Å². The summed E-state index contributed by atoms with van der Waals surface area (Å²) in [4.78, 5) is 0. The number of hydrogen-bond acceptors (Lipinski definition) is 0. The van der Waals surface area contributed by atoms with Gasteiger partial charge in [0.05, 0.1) is 0 Å². The van der Waals surface area contributed by atoms with Crippen LogP contribution in [0, 0.1) is 5.92 Å². The normalized spacial score (nSPS) is 18.4. The van der Waals surface area contributed by atoms with Gasteiger partial charge in [-0.15, -0.1) is 0 Å². The van der Waals surface area contributed by atoms with Crippen molar-refractivity contribution in [1.82, 2.24) is 0 Å². The molecule has 17 heavy (non-hydrogen) atoms. The zero-order valence-electron chi connectivity index (χ0n) is 9.96. The zero-order valence-corrected chi connectivity index (χ0v) is 13.1. The second-order valence-electron chi connectivity index (χ2n) is 4.74. The predicted octanol–water partition coefficient (Wildman–Crippen LogP) is 5.81. The Kier molecular flexibility index (Phi) is 5.30. The van der Waals surface area contributed by atoms with Gasteiger partial charge in [0.1, 0.15) is 0 Å². The van der Waals surface area contributed by atoms with Gasteiger partial charge in [-0.25, -0.2) is 0 Å². The maximum Gasteiger partial charge on any atom is 0.0247 e. The molecule has 1 saturated carbocycles. The maximum absolute atomic E-state index is 3.65. The van der Waals surface area contributed by atoms with Crippen LogP contribution in [0.1, 0.15) is 37.7 Å². The number of alkyl halides is 1. The first-order valence-electron chi connectivity index (χ1n) is 6.31. The second-order valence-corrected chi connectivity index (χ2v) is 6.22. The van der Waals surface area contributed by atoms with Crippen LogP contribution in [-0.4, -0.2) is 5.33 Å². The molecule has 1 aromatic carbocycles. The molecule has 0 spiro atoms. The van der Waals surface area contributed by atoms with Crippen LogP contribution in [-0.2, 0) is 0 Å². The number of benzene rings is 1. The standard InChI is InChI=1S/C15H18Br2/c16-11-14(13-4-2-1-3-5-13)10-12-6-8-15(17)9-7-12/h6-10,13H,1-5,11H2. The molecule has 0 aliphatic heterocycles. The molecular formula is C15H18Br2. The van der Waals surface area contributed by atoms with Crippen molar-refractivity contribution in [2.45, 2.75) is 32.1 Å². The van der Waals surface area contributed by atoms with Gasteiger partial charge >= 0.3 is 0 Å². The van der Waals surface area contributed by atoms with E-state index in [4.69, 9.17) is 0 Å². The lowest BCUT2D eigenvalue weighted by atomic mass is 9.84. The highest BCUT2D eigenvalue weighted by atomic mass is 79.9. The van der Waals surface area contributed by atoms with Gasteiger partial charge < -0.3 is 0 Å². The fraction of sp³-hybridized carbons (Fsp3) is 0.467. The van der Waals surface area contributed by atoms with Crippen molar-refractivity contribution in [3.8, 4) is 0 Å². The van der Waals surface area contributed by atoms with Crippen molar-refractivity contribution in [3.63, 3.8) is 0 Å². The minimum Gasteiger partial charge on any atom is -0.0880 e.